The van der Waals surface area contributed by atoms with Crippen LogP contribution in [0.25, 0.3) is 0 Å². The van der Waals surface area contributed by atoms with Crippen LogP contribution in [0, 0.1) is 0 Å². The maximum absolute atomic E-state index is 12.0. The Labute approximate surface area is 120 Å². The topological polar surface area (TPSA) is 111 Å². The first-order chi connectivity index (χ1) is 10.0. The molecule has 1 aromatic rings. The van der Waals surface area contributed by atoms with E-state index in [9.17, 15) is 14.4 Å². The van der Waals surface area contributed by atoms with E-state index in [1.807, 2.05) is 0 Å². The first-order valence-corrected chi connectivity index (χ1v) is 6.15. The fourth-order valence-electron chi connectivity index (χ4n) is 1.85. The number of methoxy groups -OCH3 is 1. The lowest BCUT2D eigenvalue weighted by atomic mass is 10.2. The molecule has 0 aliphatic carbocycles. The van der Waals surface area contributed by atoms with Gasteiger partial charge in [-0.1, -0.05) is 0 Å². The molecule has 1 saturated heterocycles. The molecule has 3 amide bonds. The van der Waals surface area contributed by atoms with Crippen molar-refractivity contribution < 1.29 is 23.9 Å². The van der Waals surface area contributed by atoms with Crippen LogP contribution < -0.4 is 15.8 Å². The number of nitrogen functional groups attached to an aromatic ring is 1. The lowest BCUT2D eigenvalue weighted by molar-refractivity contribution is -0.159. The van der Waals surface area contributed by atoms with Gasteiger partial charge in [0.25, 0.3) is 11.8 Å². The summed E-state index contributed by atoms with van der Waals surface area (Å²) in [6.45, 7) is -0.791. The maximum Gasteiger partial charge on any atom is 0.255 e. The normalized spacial score (nSPS) is 15.0. The maximum atomic E-state index is 12.0. The van der Waals surface area contributed by atoms with E-state index in [0.717, 1.165) is 4.90 Å². The Balaban J connectivity index is 2.06. The van der Waals surface area contributed by atoms with Crippen molar-refractivity contribution in [3.05, 3.63) is 18.2 Å². The van der Waals surface area contributed by atoms with Gasteiger partial charge in [-0.15, -0.1) is 0 Å². The lowest BCUT2D eigenvalue weighted by Crippen LogP contribution is -2.49. The van der Waals surface area contributed by atoms with Gasteiger partial charge in [-0.25, -0.2) is 0 Å². The number of rotatable bonds is 4. The van der Waals surface area contributed by atoms with E-state index in [-0.39, 0.29) is 19.8 Å². The molecule has 0 spiro atoms. The SMILES string of the molecule is COc1ccc(N)cc1NC(=O)CN1C(=O)COCC1=O. The Morgan fingerprint density at radius 2 is 2.05 bits per heavy atom. The number of hydrogen-bond donors (Lipinski definition) is 2. The molecule has 1 aliphatic heterocycles. The van der Waals surface area contributed by atoms with Crippen molar-refractivity contribution in [2.24, 2.45) is 0 Å². The Morgan fingerprint density at radius 3 is 2.67 bits per heavy atom. The van der Waals surface area contributed by atoms with Gasteiger partial charge in [0, 0.05) is 5.69 Å². The van der Waals surface area contributed by atoms with Crippen LogP contribution in [0.2, 0.25) is 0 Å². The second kappa shape index (κ2) is 6.23. The minimum atomic E-state index is -0.541. The second-order valence-electron chi connectivity index (χ2n) is 4.37. The zero-order valence-corrected chi connectivity index (χ0v) is 11.4. The smallest absolute Gasteiger partial charge is 0.255 e. The third-order valence-corrected chi connectivity index (χ3v) is 2.85. The van der Waals surface area contributed by atoms with Crippen LogP contribution in [0.4, 0.5) is 11.4 Å². The van der Waals surface area contributed by atoms with Gasteiger partial charge in [0.2, 0.25) is 5.91 Å². The molecule has 1 aliphatic rings. The summed E-state index contributed by atoms with van der Waals surface area (Å²) in [6, 6.07) is 4.76. The summed E-state index contributed by atoms with van der Waals surface area (Å²) in [5, 5.41) is 2.56. The molecule has 0 aromatic heterocycles. The summed E-state index contributed by atoms with van der Waals surface area (Å²) in [4.78, 5) is 35.9. The monoisotopic (exact) mass is 293 g/mol. The van der Waals surface area contributed by atoms with Crippen LogP contribution in [-0.4, -0.2) is 49.5 Å². The molecule has 112 valence electrons. The average molecular weight is 293 g/mol. The molecule has 8 heteroatoms. The lowest BCUT2D eigenvalue weighted by Gasteiger charge is -2.24. The number of hydrogen-bond acceptors (Lipinski definition) is 6. The highest BCUT2D eigenvalue weighted by atomic mass is 16.5. The van der Waals surface area contributed by atoms with E-state index in [0.29, 0.717) is 17.1 Å². The fourth-order valence-corrected chi connectivity index (χ4v) is 1.85. The molecule has 0 atom stereocenters. The van der Waals surface area contributed by atoms with E-state index < -0.39 is 17.7 Å². The molecule has 1 heterocycles. The number of ether oxygens (including phenoxy) is 2. The quantitative estimate of drug-likeness (QED) is 0.577. The number of carbonyl (C=O) groups is 3. The van der Waals surface area contributed by atoms with E-state index in [1.165, 1.54) is 13.2 Å². The molecule has 0 unspecified atom stereocenters. The highest BCUT2D eigenvalue weighted by Gasteiger charge is 2.28. The summed E-state index contributed by atoms with van der Waals surface area (Å²) in [5.74, 6) is -1.18. The third-order valence-electron chi connectivity index (χ3n) is 2.85. The Kier molecular flexibility index (Phi) is 4.39. The van der Waals surface area contributed by atoms with E-state index in [1.54, 1.807) is 12.1 Å². The first kappa shape index (κ1) is 14.8. The fraction of sp³-hybridized carbons (Fsp3) is 0.308. The van der Waals surface area contributed by atoms with Gasteiger partial charge in [-0.2, -0.15) is 0 Å². The predicted molar refractivity (Wildman–Crippen MR) is 73.6 cm³/mol. The number of nitrogens with zero attached hydrogens (tertiary/aromatic N) is 1. The van der Waals surface area contributed by atoms with Crippen molar-refractivity contribution in [1.82, 2.24) is 4.90 Å². The van der Waals surface area contributed by atoms with E-state index in [2.05, 4.69) is 5.32 Å². The van der Waals surface area contributed by atoms with E-state index in [4.69, 9.17) is 15.2 Å². The Morgan fingerprint density at radius 1 is 1.38 bits per heavy atom. The van der Waals surface area contributed by atoms with Gasteiger partial charge in [0.05, 0.1) is 12.8 Å². The van der Waals surface area contributed by atoms with Crippen molar-refractivity contribution in [1.29, 1.82) is 0 Å². The number of amides is 3. The molecule has 0 saturated carbocycles. The van der Waals surface area contributed by atoms with Crippen molar-refractivity contribution >= 4 is 29.1 Å². The van der Waals surface area contributed by atoms with E-state index >= 15 is 0 Å². The van der Waals surface area contributed by atoms with Gasteiger partial charge < -0.3 is 20.5 Å². The van der Waals surface area contributed by atoms with Gasteiger partial charge in [-0.05, 0) is 18.2 Å². The summed E-state index contributed by atoms with van der Waals surface area (Å²) < 4.78 is 9.86. The number of anilines is 2. The number of nitrogens with two attached hydrogens (primary N) is 1. The number of carbonyl (C=O) groups excluding carboxylic acids is 3. The predicted octanol–water partition coefficient (Wildman–Crippen LogP) is -0.399. The standard InChI is InChI=1S/C13H15N3O5/c1-20-10-3-2-8(14)4-9(10)15-11(17)5-16-12(18)6-21-7-13(16)19/h2-4H,5-7,14H2,1H3,(H,15,17). The van der Waals surface area contributed by atoms with Crippen molar-refractivity contribution in [2.45, 2.75) is 0 Å². The number of imide groups is 1. The third kappa shape index (κ3) is 3.48. The highest BCUT2D eigenvalue weighted by Crippen LogP contribution is 2.26. The summed E-state index contributed by atoms with van der Waals surface area (Å²) in [7, 11) is 1.45. The van der Waals surface area contributed by atoms with Crippen LogP contribution in [-0.2, 0) is 19.1 Å². The van der Waals surface area contributed by atoms with Gasteiger partial charge in [0.15, 0.2) is 0 Å². The second-order valence-corrected chi connectivity index (χ2v) is 4.37. The molecule has 1 aromatic carbocycles. The number of nitrogens with one attached hydrogen (secondary N) is 1. The van der Waals surface area contributed by atoms with Gasteiger partial charge >= 0.3 is 0 Å². The van der Waals surface area contributed by atoms with Crippen LogP contribution in [0.15, 0.2) is 18.2 Å². The zero-order valence-electron chi connectivity index (χ0n) is 11.4. The van der Waals surface area contributed by atoms with Crippen molar-refractivity contribution in [3.63, 3.8) is 0 Å². The molecule has 0 radical (unpaired) electrons. The highest BCUT2D eigenvalue weighted by molar-refractivity contribution is 6.04. The van der Waals surface area contributed by atoms with Gasteiger partial charge in [0.1, 0.15) is 25.5 Å². The zero-order chi connectivity index (χ0) is 15.4. The first-order valence-electron chi connectivity index (χ1n) is 6.15. The molecule has 1 fully saturated rings. The minimum absolute atomic E-state index is 0.208. The Bertz CT molecular complexity index is 571. The number of benzene rings is 1. The van der Waals surface area contributed by atoms with Gasteiger partial charge in [-0.3, -0.25) is 19.3 Å². The van der Waals surface area contributed by atoms with Crippen molar-refractivity contribution in [3.8, 4) is 5.75 Å². The molecular formula is C13H15N3O5. The minimum Gasteiger partial charge on any atom is -0.495 e. The molecule has 8 nitrogen and oxygen atoms in total. The van der Waals surface area contributed by atoms with Crippen LogP contribution >= 0.6 is 0 Å². The average Bonchev–Trinajstić information content (AvgIpc) is 2.43. The summed E-state index contributed by atoms with van der Waals surface area (Å²) >= 11 is 0. The Hall–Kier alpha value is -2.61. The molecule has 0 bridgehead atoms. The number of morpholine rings is 1. The van der Waals surface area contributed by atoms with Crippen molar-refractivity contribution in [2.75, 3.05) is 37.9 Å². The molecule has 2 rings (SSSR count). The van der Waals surface area contributed by atoms with Crippen LogP contribution in [0.5, 0.6) is 5.75 Å². The summed E-state index contributed by atoms with van der Waals surface area (Å²) in [5.41, 5.74) is 6.46. The summed E-state index contributed by atoms with van der Waals surface area (Å²) in [6.07, 6.45) is 0. The van der Waals surface area contributed by atoms with Crippen LogP contribution in [0.1, 0.15) is 0 Å². The van der Waals surface area contributed by atoms with Crippen LogP contribution in [0.3, 0.4) is 0 Å². The molecule has 21 heavy (non-hydrogen) atoms. The molecule has 3 N–H and O–H groups in total. The molecular weight excluding hydrogens is 278 g/mol. The largest absolute Gasteiger partial charge is 0.495 e.